The lowest BCUT2D eigenvalue weighted by molar-refractivity contribution is -0.0163. The zero-order valence-electron chi connectivity index (χ0n) is 17.5. The van der Waals surface area contributed by atoms with Gasteiger partial charge in [0.05, 0.1) is 43.5 Å². The summed E-state index contributed by atoms with van der Waals surface area (Å²) in [7, 11) is 1.85. The molecule has 160 valence electrons. The minimum absolute atomic E-state index is 0.207. The first-order chi connectivity index (χ1) is 14.3. The first kappa shape index (κ1) is 20.1. The maximum absolute atomic E-state index is 12.1. The molecule has 0 unspecified atom stereocenters. The zero-order chi connectivity index (χ0) is 21.3. The fraction of sp³-hybridized carbons (Fsp3) is 0.500. The summed E-state index contributed by atoms with van der Waals surface area (Å²) in [6.45, 7) is 6.30. The molecular weight excluding hydrogens is 388 g/mol. The fourth-order valence-corrected chi connectivity index (χ4v) is 3.29. The predicted octanol–water partition coefficient (Wildman–Crippen LogP) is 2.19. The minimum Gasteiger partial charge on any atom is -0.470 e. The van der Waals surface area contributed by atoms with E-state index < -0.39 is 11.7 Å². The molecule has 0 aromatic carbocycles. The third-order valence-electron chi connectivity index (χ3n) is 4.53. The topological polar surface area (TPSA) is 105 Å². The molecule has 4 heterocycles. The van der Waals surface area contributed by atoms with Gasteiger partial charge in [0, 0.05) is 25.2 Å². The van der Waals surface area contributed by atoms with E-state index in [0.717, 1.165) is 11.1 Å². The van der Waals surface area contributed by atoms with Crippen LogP contribution in [0, 0.1) is 0 Å². The Balaban J connectivity index is 1.49. The number of aryl methyl sites for hydroxylation is 1. The minimum atomic E-state index is -0.556. The summed E-state index contributed by atoms with van der Waals surface area (Å²) in [5.74, 6) is 0.459. The Morgan fingerprint density at radius 1 is 1.27 bits per heavy atom. The molecule has 2 atom stereocenters. The van der Waals surface area contributed by atoms with Crippen molar-refractivity contribution in [3.8, 4) is 17.1 Å². The van der Waals surface area contributed by atoms with Gasteiger partial charge in [-0.1, -0.05) is 0 Å². The van der Waals surface area contributed by atoms with Gasteiger partial charge in [0.15, 0.2) is 0 Å². The van der Waals surface area contributed by atoms with Crippen LogP contribution in [-0.2, 0) is 16.5 Å². The van der Waals surface area contributed by atoms with Crippen molar-refractivity contribution in [2.24, 2.45) is 7.05 Å². The summed E-state index contributed by atoms with van der Waals surface area (Å²) < 4.78 is 20.6. The summed E-state index contributed by atoms with van der Waals surface area (Å²) in [5, 5.41) is 11.4. The van der Waals surface area contributed by atoms with E-state index >= 15 is 0 Å². The number of amides is 1. The van der Waals surface area contributed by atoms with Gasteiger partial charge in [-0.2, -0.15) is 10.2 Å². The zero-order valence-corrected chi connectivity index (χ0v) is 17.5. The molecule has 1 N–H and O–H groups in total. The Bertz CT molecular complexity index is 1040. The molecule has 0 radical (unpaired) electrons. The number of rotatable bonds is 4. The van der Waals surface area contributed by atoms with Crippen molar-refractivity contribution in [3.05, 3.63) is 30.9 Å². The van der Waals surface area contributed by atoms with Gasteiger partial charge in [-0.05, 0) is 26.8 Å². The molecule has 1 fully saturated rings. The van der Waals surface area contributed by atoms with Crippen LogP contribution in [0.4, 0.5) is 4.79 Å². The number of nitrogens with zero attached hydrogens (tertiary/aromatic N) is 5. The third kappa shape index (κ3) is 4.70. The maximum Gasteiger partial charge on any atom is 0.407 e. The molecule has 10 heteroatoms. The van der Waals surface area contributed by atoms with Crippen LogP contribution in [0.5, 0.6) is 5.88 Å². The number of carbonyl (C=O) groups excluding carboxylic acids is 1. The molecule has 0 saturated carbocycles. The Morgan fingerprint density at radius 3 is 2.83 bits per heavy atom. The molecule has 0 bridgehead atoms. The van der Waals surface area contributed by atoms with Crippen molar-refractivity contribution in [1.82, 2.24) is 29.7 Å². The van der Waals surface area contributed by atoms with E-state index in [1.807, 2.05) is 46.3 Å². The van der Waals surface area contributed by atoms with Crippen LogP contribution in [0.1, 0.15) is 27.2 Å². The molecule has 1 amide bonds. The Kier molecular flexibility index (Phi) is 5.33. The van der Waals surface area contributed by atoms with E-state index in [0.29, 0.717) is 31.2 Å². The van der Waals surface area contributed by atoms with Gasteiger partial charge >= 0.3 is 6.09 Å². The van der Waals surface area contributed by atoms with Gasteiger partial charge in [0.1, 0.15) is 17.2 Å². The van der Waals surface area contributed by atoms with Gasteiger partial charge in [-0.3, -0.25) is 4.68 Å². The highest BCUT2D eigenvalue weighted by Crippen LogP contribution is 2.26. The van der Waals surface area contributed by atoms with E-state index in [2.05, 4.69) is 20.5 Å². The lowest BCUT2D eigenvalue weighted by atomic mass is 10.1. The molecule has 1 saturated heterocycles. The highest BCUT2D eigenvalue weighted by molar-refractivity contribution is 5.68. The van der Waals surface area contributed by atoms with Crippen LogP contribution in [0.2, 0.25) is 0 Å². The second kappa shape index (κ2) is 7.94. The highest BCUT2D eigenvalue weighted by Gasteiger charge is 2.28. The SMILES string of the molecule is Cn1cc(-c2cn3nccc3c(O[C@H]3COC[C@H](NC(=O)OC(C)(C)C)C3)n2)cn1. The molecule has 30 heavy (non-hydrogen) atoms. The van der Waals surface area contributed by atoms with Crippen LogP contribution in [0.15, 0.2) is 30.9 Å². The smallest absolute Gasteiger partial charge is 0.407 e. The molecule has 0 spiro atoms. The standard InChI is InChI=1S/C20H26N6O4/c1-20(2,3)30-19(27)23-14-7-15(12-28-11-14)29-18-17-5-6-21-26(17)10-16(24-18)13-8-22-25(4)9-13/h5-6,8-10,14-15H,7,11-12H2,1-4H3,(H,23,27)/t14-,15-/m1/s1. The largest absolute Gasteiger partial charge is 0.470 e. The van der Waals surface area contributed by atoms with Gasteiger partial charge in [0.25, 0.3) is 0 Å². The number of ether oxygens (including phenoxy) is 3. The molecule has 4 rings (SSSR count). The second-order valence-electron chi connectivity index (χ2n) is 8.35. The number of hydrogen-bond donors (Lipinski definition) is 1. The molecule has 1 aliphatic rings. The van der Waals surface area contributed by atoms with E-state index in [-0.39, 0.29) is 12.1 Å². The fourth-order valence-electron chi connectivity index (χ4n) is 3.29. The lowest BCUT2D eigenvalue weighted by Gasteiger charge is -2.30. The van der Waals surface area contributed by atoms with Gasteiger partial charge < -0.3 is 19.5 Å². The predicted molar refractivity (Wildman–Crippen MR) is 108 cm³/mol. The highest BCUT2D eigenvalue weighted by atomic mass is 16.6. The number of nitrogens with one attached hydrogen (secondary N) is 1. The first-order valence-electron chi connectivity index (χ1n) is 9.84. The quantitative estimate of drug-likeness (QED) is 0.698. The average Bonchev–Trinajstić information content (AvgIpc) is 3.29. The van der Waals surface area contributed by atoms with Crippen molar-refractivity contribution in [3.63, 3.8) is 0 Å². The summed E-state index contributed by atoms with van der Waals surface area (Å²) in [6.07, 6.45) is 7.00. The van der Waals surface area contributed by atoms with E-state index in [1.165, 1.54) is 0 Å². The summed E-state index contributed by atoms with van der Waals surface area (Å²) >= 11 is 0. The number of aromatic nitrogens is 5. The van der Waals surface area contributed by atoms with Gasteiger partial charge in [-0.15, -0.1) is 0 Å². The number of hydrogen-bond acceptors (Lipinski definition) is 7. The van der Waals surface area contributed by atoms with Crippen molar-refractivity contribution in [1.29, 1.82) is 0 Å². The Hall–Kier alpha value is -3.14. The molecule has 3 aromatic rings. The molecule has 1 aliphatic heterocycles. The van der Waals surface area contributed by atoms with Crippen LogP contribution in [0.25, 0.3) is 16.8 Å². The van der Waals surface area contributed by atoms with Gasteiger partial charge in [0.2, 0.25) is 5.88 Å². The molecule has 0 aliphatic carbocycles. The monoisotopic (exact) mass is 414 g/mol. The third-order valence-corrected chi connectivity index (χ3v) is 4.53. The lowest BCUT2D eigenvalue weighted by Crippen LogP contribution is -2.48. The van der Waals surface area contributed by atoms with E-state index in [1.54, 1.807) is 21.6 Å². The summed E-state index contributed by atoms with van der Waals surface area (Å²) in [5.41, 5.74) is 1.77. The average molecular weight is 414 g/mol. The Labute approximate surface area is 174 Å². The first-order valence-corrected chi connectivity index (χ1v) is 9.84. The number of alkyl carbamates (subject to hydrolysis) is 1. The van der Waals surface area contributed by atoms with Crippen LogP contribution in [0.3, 0.4) is 0 Å². The van der Waals surface area contributed by atoms with Crippen molar-refractivity contribution in [2.45, 2.75) is 44.9 Å². The van der Waals surface area contributed by atoms with E-state index in [9.17, 15) is 4.79 Å². The summed E-state index contributed by atoms with van der Waals surface area (Å²) in [6, 6.07) is 1.64. The maximum atomic E-state index is 12.1. The number of fused-ring (bicyclic) bond motifs is 1. The molecule has 3 aromatic heterocycles. The second-order valence-corrected chi connectivity index (χ2v) is 8.35. The Morgan fingerprint density at radius 2 is 2.10 bits per heavy atom. The molecule has 10 nitrogen and oxygen atoms in total. The van der Waals surface area contributed by atoms with Crippen molar-refractivity contribution >= 4 is 11.6 Å². The van der Waals surface area contributed by atoms with Crippen LogP contribution >= 0.6 is 0 Å². The van der Waals surface area contributed by atoms with Crippen LogP contribution < -0.4 is 10.1 Å². The number of carbonyl (C=O) groups is 1. The van der Waals surface area contributed by atoms with Crippen LogP contribution in [-0.4, -0.2) is 61.4 Å². The van der Waals surface area contributed by atoms with Gasteiger partial charge in [-0.25, -0.2) is 14.3 Å². The normalized spacial score (nSPS) is 19.6. The van der Waals surface area contributed by atoms with E-state index in [4.69, 9.17) is 14.2 Å². The molecular formula is C20H26N6O4. The van der Waals surface area contributed by atoms with Crippen molar-refractivity contribution < 1.29 is 19.0 Å². The summed E-state index contributed by atoms with van der Waals surface area (Å²) in [4.78, 5) is 16.8. The van der Waals surface area contributed by atoms with Crippen molar-refractivity contribution in [2.75, 3.05) is 13.2 Å².